The Kier molecular flexibility index (Phi) is 7.20. The first-order valence-corrected chi connectivity index (χ1v) is 11.7. The highest BCUT2D eigenvalue weighted by atomic mass is 19.1. The average molecular weight is 483 g/mol. The van der Waals surface area contributed by atoms with Crippen molar-refractivity contribution in [2.75, 3.05) is 41.3 Å². The zero-order chi connectivity index (χ0) is 25.1. The van der Waals surface area contributed by atoms with Gasteiger partial charge in [-0.2, -0.15) is 0 Å². The highest BCUT2D eigenvalue weighted by Gasteiger charge is 2.26. The Labute approximate surface area is 204 Å². The molecule has 4 N–H and O–H groups in total. The lowest BCUT2D eigenvalue weighted by Gasteiger charge is -2.37. The Morgan fingerprint density at radius 1 is 1.17 bits per heavy atom. The lowest BCUT2D eigenvalue weighted by Crippen LogP contribution is -2.45. The molecule has 9 nitrogen and oxygen atoms in total. The number of ether oxygens (including phenoxy) is 1. The summed E-state index contributed by atoms with van der Waals surface area (Å²) < 4.78 is 20.8. The number of amides is 2. The molecule has 0 bridgehead atoms. The van der Waals surface area contributed by atoms with E-state index in [4.69, 9.17) is 10.5 Å². The summed E-state index contributed by atoms with van der Waals surface area (Å²) in [4.78, 5) is 32.2. The fourth-order valence-electron chi connectivity index (χ4n) is 4.62. The number of hydrogen-bond acceptors (Lipinski definition) is 7. The van der Waals surface area contributed by atoms with Crippen LogP contribution in [-0.2, 0) is 9.53 Å². The van der Waals surface area contributed by atoms with E-state index in [1.54, 1.807) is 24.3 Å². The topological polar surface area (TPSA) is 113 Å². The Balaban J connectivity index is 1.53. The molecule has 35 heavy (non-hydrogen) atoms. The fraction of sp³-hybridized carbons (Fsp3) is 0.400. The minimum Gasteiger partial charge on any atom is -0.372 e. The van der Waals surface area contributed by atoms with Gasteiger partial charge in [-0.1, -0.05) is 6.58 Å². The zero-order valence-electron chi connectivity index (χ0n) is 20.0. The molecule has 2 saturated heterocycles. The van der Waals surface area contributed by atoms with Crippen molar-refractivity contribution < 1.29 is 18.7 Å². The molecule has 2 amide bonds. The smallest absolute Gasteiger partial charge is 0.252 e. The molecule has 2 aromatic rings. The third-order valence-electron chi connectivity index (χ3n) is 6.16. The summed E-state index contributed by atoms with van der Waals surface area (Å²) in [6.45, 7) is 9.88. The van der Waals surface area contributed by atoms with E-state index >= 15 is 4.39 Å². The van der Waals surface area contributed by atoms with Crippen LogP contribution in [0.1, 0.15) is 30.6 Å². The van der Waals surface area contributed by atoms with Crippen LogP contribution in [0, 0.1) is 5.82 Å². The van der Waals surface area contributed by atoms with Crippen LogP contribution in [0.25, 0.3) is 0 Å². The number of morpholine rings is 1. The summed E-state index contributed by atoms with van der Waals surface area (Å²) in [5.74, 6) is -0.371. The van der Waals surface area contributed by atoms with Gasteiger partial charge >= 0.3 is 0 Å². The molecule has 1 aromatic carbocycles. The highest BCUT2D eigenvalue weighted by Crippen LogP contribution is 2.29. The van der Waals surface area contributed by atoms with Crippen molar-refractivity contribution in [1.82, 2.24) is 10.3 Å². The maximum atomic E-state index is 15.1. The van der Waals surface area contributed by atoms with Crippen LogP contribution in [0.15, 0.2) is 43.0 Å². The van der Waals surface area contributed by atoms with Gasteiger partial charge < -0.3 is 30.9 Å². The summed E-state index contributed by atoms with van der Waals surface area (Å²) in [5.41, 5.74) is 6.71. The number of pyridine rings is 1. The maximum Gasteiger partial charge on any atom is 0.252 e. The van der Waals surface area contributed by atoms with Crippen molar-refractivity contribution >= 4 is 34.8 Å². The van der Waals surface area contributed by atoms with Crippen molar-refractivity contribution in [3.8, 4) is 0 Å². The van der Waals surface area contributed by atoms with E-state index in [1.807, 2.05) is 23.6 Å². The number of rotatable bonds is 7. The van der Waals surface area contributed by atoms with Gasteiger partial charge in [0.05, 0.1) is 23.5 Å². The van der Waals surface area contributed by atoms with Gasteiger partial charge in [0.15, 0.2) is 0 Å². The second kappa shape index (κ2) is 10.3. The van der Waals surface area contributed by atoms with E-state index in [0.29, 0.717) is 43.4 Å². The maximum absolute atomic E-state index is 15.1. The number of primary amides is 1. The normalized spacial score (nSPS) is 22.1. The molecule has 2 aliphatic heterocycles. The lowest BCUT2D eigenvalue weighted by atomic mass is 10.1. The SMILES string of the molecule is C=CC(=O)N[C@H]1CCN(c2ccc(C(N)=O)c(Nc3ccc(N4CC(C)OC(C)C4)c(F)c3)n2)C1. The molecule has 0 aliphatic carbocycles. The molecule has 10 heteroatoms. The first kappa shape index (κ1) is 24.5. The summed E-state index contributed by atoms with van der Waals surface area (Å²) >= 11 is 0. The Morgan fingerprint density at radius 3 is 2.57 bits per heavy atom. The van der Waals surface area contributed by atoms with Crippen molar-refractivity contribution in [3.63, 3.8) is 0 Å². The summed E-state index contributed by atoms with van der Waals surface area (Å²) in [6.07, 6.45) is 2.02. The van der Waals surface area contributed by atoms with E-state index < -0.39 is 5.91 Å². The average Bonchev–Trinajstić information content (AvgIpc) is 3.26. The molecule has 0 saturated carbocycles. The van der Waals surface area contributed by atoms with Crippen LogP contribution in [0.3, 0.4) is 0 Å². The van der Waals surface area contributed by atoms with Crippen molar-refractivity contribution in [2.45, 2.75) is 38.5 Å². The monoisotopic (exact) mass is 482 g/mol. The van der Waals surface area contributed by atoms with Gasteiger partial charge in [0, 0.05) is 37.9 Å². The summed E-state index contributed by atoms with van der Waals surface area (Å²) in [7, 11) is 0. The van der Waals surface area contributed by atoms with E-state index in [-0.39, 0.29) is 41.4 Å². The van der Waals surface area contributed by atoms with Gasteiger partial charge in [-0.05, 0) is 56.7 Å². The van der Waals surface area contributed by atoms with Crippen LogP contribution < -0.4 is 26.2 Å². The Bertz CT molecular complexity index is 1120. The molecule has 2 fully saturated rings. The van der Waals surface area contributed by atoms with Gasteiger partial charge in [-0.3, -0.25) is 9.59 Å². The van der Waals surface area contributed by atoms with Gasteiger partial charge in [-0.15, -0.1) is 0 Å². The minimum atomic E-state index is -0.641. The Morgan fingerprint density at radius 2 is 1.91 bits per heavy atom. The van der Waals surface area contributed by atoms with Crippen LogP contribution >= 0.6 is 0 Å². The first-order chi connectivity index (χ1) is 16.7. The number of carbonyl (C=O) groups is 2. The predicted molar refractivity (Wildman–Crippen MR) is 134 cm³/mol. The molecule has 0 spiro atoms. The number of carbonyl (C=O) groups excluding carboxylic acids is 2. The van der Waals surface area contributed by atoms with E-state index in [9.17, 15) is 9.59 Å². The zero-order valence-corrected chi connectivity index (χ0v) is 20.0. The summed E-state index contributed by atoms with van der Waals surface area (Å²) in [5, 5.41) is 5.94. The van der Waals surface area contributed by atoms with Crippen LogP contribution in [0.5, 0.6) is 0 Å². The quantitative estimate of drug-likeness (QED) is 0.520. The predicted octanol–water partition coefficient (Wildman–Crippen LogP) is 2.56. The second-order valence-electron chi connectivity index (χ2n) is 9.03. The summed E-state index contributed by atoms with van der Waals surface area (Å²) in [6, 6.07) is 8.14. The first-order valence-electron chi connectivity index (χ1n) is 11.7. The molecule has 1 aromatic heterocycles. The fourth-order valence-corrected chi connectivity index (χ4v) is 4.62. The molecular weight excluding hydrogens is 451 g/mol. The van der Waals surface area contributed by atoms with E-state index in [1.165, 1.54) is 12.1 Å². The van der Waals surface area contributed by atoms with Crippen LogP contribution in [0.4, 0.5) is 27.4 Å². The molecule has 3 heterocycles. The van der Waals surface area contributed by atoms with Gasteiger partial charge in [0.2, 0.25) is 5.91 Å². The van der Waals surface area contributed by atoms with Gasteiger partial charge in [0.25, 0.3) is 5.91 Å². The third kappa shape index (κ3) is 5.71. The number of anilines is 4. The number of hydrogen-bond donors (Lipinski definition) is 3. The number of halogens is 1. The van der Waals surface area contributed by atoms with Crippen LogP contribution in [-0.4, -0.2) is 61.2 Å². The second-order valence-corrected chi connectivity index (χ2v) is 9.03. The van der Waals surface area contributed by atoms with Crippen molar-refractivity contribution in [2.24, 2.45) is 5.73 Å². The van der Waals surface area contributed by atoms with Gasteiger partial charge in [0.1, 0.15) is 17.5 Å². The van der Waals surface area contributed by atoms with Crippen molar-refractivity contribution in [3.05, 3.63) is 54.4 Å². The molecule has 3 atom stereocenters. The number of benzene rings is 1. The van der Waals surface area contributed by atoms with Crippen molar-refractivity contribution in [1.29, 1.82) is 0 Å². The van der Waals surface area contributed by atoms with E-state index in [0.717, 1.165) is 6.42 Å². The standard InChI is InChI=1S/C25H31FN6O3/c1-4-23(33)28-18-9-10-31(14-18)22-8-6-19(24(27)34)25(30-22)29-17-5-7-21(20(26)11-17)32-12-15(2)35-16(3)13-32/h4-8,11,15-16,18H,1,9-10,12-14H2,2-3H3,(H2,27,34)(H,28,33)(H,29,30)/t15?,16?,18-/m0/s1. The number of aromatic nitrogens is 1. The van der Waals surface area contributed by atoms with Crippen LogP contribution in [0.2, 0.25) is 0 Å². The minimum absolute atomic E-state index is 0.0105. The number of nitrogens with two attached hydrogens (primary N) is 1. The number of nitrogens with one attached hydrogen (secondary N) is 2. The van der Waals surface area contributed by atoms with E-state index in [2.05, 4.69) is 22.2 Å². The lowest BCUT2D eigenvalue weighted by molar-refractivity contribution is -0.117. The largest absolute Gasteiger partial charge is 0.372 e. The third-order valence-corrected chi connectivity index (χ3v) is 6.16. The highest BCUT2D eigenvalue weighted by molar-refractivity contribution is 5.98. The number of nitrogens with zero attached hydrogens (tertiary/aromatic N) is 3. The molecule has 0 radical (unpaired) electrons. The van der Waals surface area contributed by atoms with Gasteiger partial charge in [-0.25, -0.2) is 9.37 Å². The molecular formula is C25H31FN6O3. The molecule has 2 unspecified atom stereocenters. The Hall–Kier alpha value is -3.66. The molecule has 4 rings (SSSR count). The molecule has 186 valence electrons. The molecule has 2 aliphatic rings.